The molecular formula is C26H47NO. The van der Waals surface area contributed by atoms with Crippen LogP contribution in [0.2, 0.25) is 0 Å². The minimum absolute atomic E-state index is 0.837. The zero-order valence-corrected chi connectivity index (χ0v) is 19.2. The van der Waals surface area contributed by atoms with Crippen molar-refractivity contribution in [1.29, 1.82) is 0 Å². The maximum absolute atomic E-state index is 5.98. The first kappa shape index (κ1) is 24.9. The summed E-state index contributed by atoms with van der Waals surface area (Å²) >= 11 is 0. The van der Waals surface area contributed by atoms with E-state index in [-0.39, 0.29) is 0 Å². The average molecular weight is 390 g/mol. The van der Waals surface area contributed by atoms with Crippen LogP contribution in [0.3, 0.4) is 0 Å². The molecule has 0 aliphatic carbocycles. The van der Waals surface area contributed by atoms with Gasteiger partial charge in [0.05, 0.1) is 12.3 Å². The lowest BCUT2D eigenvalue weighted by molar-refractivity contribution is 0.305. The van der Waals surface area contributed by atoms with E-state index >= 15 is 0 Å². The first-order valence-electron chi connectivity index (χ1n) is 12.1. The van der Waals surface area contributed by atoms with Crippen LogP contribution in [0.15, 0.2) is 24.3 Å². The summed E-state index contributed by atoms with van der Waals surface area (Å²) in [6.45, 7) is 3.13. The molecule has 0 atom stereocenters. The molecule has 1 aromatic carbocycles. The minimum atomic E-state index is 0.837. The van der Waals surface area contributed by atoms with E-state index in [0.29, 0.717) is 0 Å². The van der Waals surface area contributed by atoms with E-state index in [0.717, 1.165) is 12.4 Å². The number of benzene rings is 1. The maximum atomic E-state index is 5.98. The van der Waals surface area contributed by atoms with E-state index in [2.05, 4.69) is 50.2 Å². The molecule has 2 heteroatoms. The van der Waals surface area contributed by atoms with Crippen molar-refractivity contribution in [3.8, 4) is 5.75 Å². The fourth-order valence-electron chi connectivity index (χ4n) is 3.78. The van der Waals surface area contributed by atoms with E-state index in [1.807, 2.05) is 0 Å². The van der Waals surface area contributed by atoms with Crippen LogP contribution in [0.1, 0.15) is 110 Å². The van der Waals surface area contributed by atoms with Gasteiger partial charge in [0, 0.05) is 14.1 Å². The number of anilines is 1. The summed E-state index contributed by atoms with van der Waals surface area (Å²) in [6, 6.07) is 8.30. The summed E-state index contributed by atoms with van der Waals surface area (Å²) in [5.74, 6) is 1.01. The van der Waals surface area contributed by atoms with Crippen LogP contribution >= 0.6 is 0 Å². The summed E-state index contributed by atoms with van der Waals surface area (Å²) in [5, 5.41) is 0. The molecule has 0 spiro atoms. The van der Waals surface area contributed by atoms with Crippen molar-refractivity contribution >= 4 is 5.69 Å². The Morgan fingerprint density at radius 1 is 0.607 bits per heavy atom. The quantitative estimate of drug-likeness (QED) is 0.220. The number of para-hydroxylation sites is 2. The second-order valence-electron chi connectivity index (χ2n) is 8.51. The Kier molecular flexibility index (Phi) is 15.9. The number of unbranched alkanes of at least 4 members (excludes halogenated alkanes) is 15. The molecule has 1 aromatic rings. The summed E-state index contributed by atoms with van der Waals surface area (Å²) in [7, 11) is 4.13. The van der Waals surface area contributed by atoms with Crippen molar-refractivity contribution in [2.24, 2.45) is 0 Å². The molecule has 0 aliphatic rings. The predicted molar refractivity (Wildman–Crippen MR) is 126 cm³/mol. The highest BCUT2D eigenvalue weighted by molar-refractivity contribution is 5.57. The molecule has 1 rings (SSSR count). The SMILES string of the molecule is CCCCCCCCCCCCCCCCCCOc1ccccc1N(C)C. The third-order valence-corrected chi connectivity index (χ3v) is 5.60. The highest BCUT2D eigenvalue weighted by Gasteiger charge is 2.04. The Morgan fingerprint density at radius 3 is 1.50 bits per heavy atom. The molecule has 0 bridgehead atoms. The molecule has 0 saturated carbocycles. The van der Waals surface area contributed by atoms with Gasteiger partial charge in [0.15, 0.2) is 0 Å². The Morgan fingerprint density at radius 2 is 1.04 bits per heavy atom. The van der Waals surface area contributed by atoms with Gasteiger partial charge in [-0.25, -0.2) is 0 Å². The van der Waals surface area contributed by atoms with Gasteiger partial charge in [0.1, 0.15) is 5.75 Å². The molecule has 0 heterocycles. The average Bonchev–Trinajstić information content (AvgIpc) is 2.70. The minimum Gasteiger partial charge on any atom is -0.491 e. The van der Waals surface area contributed by atoms with E-state index < -0.39 is 0 Å². The molecule has 28 heavy (non-hydrogen) atoms. The Hall–Kier alpha value is -1.18. The Balaban J connectivity index is 1.83. The molecule has 0 fully saturated rings. The van der Waals surface area contributed by atoms with Gasteiger partial charge in [-0.1, -0.05) is 115 Å². The number of nitrogens with zero attached hydrogens (tertiary/aromatic N) is 1. The zero-order valence-electron chi connectivity index (χ0n) is 19.2. The smallest absolute Gasteiger partial charge is 0.142 e. The van der Waals surface area contributed by atoms with Gasteiger partial charge >= 0.3 is 0 Å². The Labute approximate surface area is 176 Å². The summed E-state index contributed by atoms with van der Waals surface area (Å²) in [4.78, 5) is 2.11. The topological polar surface area (TPSA) is 12.5 Å². The molecule has 0 N–H and O–H groups in total. The number of ether oxygens (including phenoxy) is 1. The number of rotatable bonds is 19. The third kappa shape index (κ3) is 13.1. The lowest BCUT2D eigenvalue weighted by Crippen LogP contribution is -2.11. The van der Waals surface area contributed by atoms with Crippen molar-refractivity contribution in [2.45, 2.75) is 110 Å². The highest BCUT2D eigenvalue weighted by atomic mass is 16.5. The van der Waals surface area contributed by atoms with E-state index in [1.54, 1.807) is 0 Å². The van der Waals surface area contributed by atoms with Gasteiger partial charge < -0.3 is 9.64 Å². The van der Waals surface area contributed by atoms with Gasteiger partial charge in [-0.15, -0.1) is 0 Å². The fraction of sp³-hybridized carbons (Fsp3) is 0.769. The highest BCUT2D eigenvalue weighted by Crippen LogP contribution is 2.26. The molecule has 2 nitrogen and oxygen atoms in total. The second kappa shape index (κ2) is 17.9. The predicted octanol–water partition coefficient (Wildman–Crippen LogP) is 8.39. The second-order valence-corrected chi connectivity index (χ2v) is 8.51. The van der Waals surface area contributed by atoms with Crippen LogP contribution in [0.25, 0.3) is 0 Å². The Bertz CT molecular complexity index is 458. The van der Waals surface area contributed by atoms with Gasteiger partial charge in [-0.3, -0.25) is 0 Å². The van der Waals surface area contributed by atoms with Crippen molar-refractivity contribution in [1.82, 2.24) is 0 Å². The zero-order chi connectivity index (χ0) is 20.3. The van der Waals surface area contributed by atoms with Gasteiger partial charge in [-0.05, 0) is 18.6 Å². The van der Waals surface area contributed by atoms with Crippen LogP contribution < -0.4 is 9.64 Å². The number of hydrogen-bond acceptors (Lipinski definition) is 2. The van der Waals surface area contributed by atoms with Crippen LogP contribution in [0.4, 0.5) is 5.69 Å². The summed E-state index contributed by atoms with van der Waals surface area (Å²) in [5.41, 5.74) is 1.17. The molecule has 162 valence electrons. The fourth-order valence-corrected chi connectivity index (χ4v) is 3.78. The van der Waals surface area contributed by atoms with Crippen LogP contribution in [-0.2, 0) is 0 Å². The molecule has 0 saturated heterocycles. The van der Waals surface area contributed by atoms with Gasteiger partial charge in [0.2, 0.25) is 0 Å². The number of hydrogen-bond donors (Lipinski definition) is 0. The van der Waals surface area contributed by atoms with Gasteiger partial charge in [0.25, 0.3) is 0 Å². The molecular weight excluding hydrogens is 342 g/mol. The van der Waals surface area contributed by atoms with Crippen molar-refractivity contribution in [3.05, 3.63) is 24.3 Å². The van der Waals surface area contributed by atoms with E-state index in [4.69, 9.17) is 4.74 Å². The normalized spacial score (nSPS) is 11.0. The van der Waals surface area contributed by atoms with Crippen molar-refractivity contribution in [2.75, 3.05) is 25.6 Å². The van der Waals surface area contributed by atoms with Crippen molar-refractivity contribution < 1.29 is 4.74 Å². The lowest BCUT2D eigenvalue weighted by atomic mass is 10.0. The van der Waals surface area contributed by atoms with Crippen LogP contribution in [0.5, 0.6) is 5.75 Å². The van der Waals surface area contributed by atoms with Gasteiger partial charge in [-0.2, -0.15) is 0 Å². The summed E-state index contributed by atoms with van der Waals surface area (Å²) < 4.78 is 5.98. The van der Waals surface area contributed by atoms with E-state index in [9.17, 15) is 0 Å². The first-order valence-corrected chi connectivity index (χ1v) is 12.1. The monoisotopic (exact) mass is 389 g/mol. The summed E-state index contributed by atoms with van der Waals surface area (Å²) in [6.07, 6.45) is 22.5. The molecule has 0 aliphatic heterocycles. The third-order valence-electron chi connectivity index (χ3n) is 5.60. The molecule has 0 aromatic heterocycles. The molecule has 0 radical (unpaired) electrons. The standard InChI is InChI=1S/C26H47NO/c1-4-5-6-7-8-9-10-11-12-13-14-15-16-17-18-21-24-28-26-23-20-19-22-25(26)27(2)3/h19-20,22-23H,4-18,21,24H2,1-3H3. The maximum Gasteiger partial charge on any atom is 0.142 e. The van der Waals surface area contributed by atoms with E-state index in [1.165, 1.54) is 108 Å². The lowest BCUT2D eigenvalue weighted by Gasteiger charge is -2.17. The largest absolute Gasteiger partial charge is 0.491 e. The van der Waals surface area contributed by atoms with Crippen molar-refractivity contribution in [3.63, 3.8) is 0 Å². The molecule has 0 amide bonds. The molecule has 0 unspecified atom stereocenters. The van der Waals surface area contributed by atoms with Crippen LogP contribution in [0, 0.1) is 0 Å². The van der Waals surface area contributed by atoms with Crippen LogP contribution in [-0.4, -0.2) is 20.7 Å². The first-order chi connectivity index (χ1) is 13.8.